The van der Waals surface area contributed by atoms with Crippen LogP contribution in [0.1, 0.15) is 22.4 Å². The summed E-state index contributed by atoms with van der Waals surface area (Å²) < 4.78 is 0. The van der Waals surface area contributed by atoms with E-state index in [0.29, 0.717) is 0 Å². The molecular formula is C21H25N5. The zero-order chi connectivity index (χ0) is 17.9. The van der Waals surface area contributed by atoms with Crippen molar-refractivity contribution in [1.82, 2.24) is 20.4 Å². The first-order valence-electron chi connectivity index (χ1n) is 9.14. The van der Waals surface area contributed by atoms with E-state index in [-0.39, 0.29) is 0 Å². The molecule has 0 saturated carbocycles. The number of rotatable bonds is 4. The number of hydrogen-bond acceptors (Lipinski definition) is 4. The number of anilines is 1. The number of aryl methyl sites for hydroxylation is 1. The van der Waals surface area contributed by atoms with Crippen molar-refractivity contribution >= 4 is 28.7 Å². The molecule has 2 aromatic carbocycles. The van der Waals surface area contributed by atoms with Gasteiger partial charge in [-0.1, -0.05) is 30.3 Å². The van der Waals surface area contributed by atoms with Crippen LogP contribution in [0.3, 0.4) is 0 Å². The fourth-order valence-corrected chi connectivity index (χ4v) is 3.55. The Kier molecular flexibility index (Phi) is 4.73. The van der Waals surface area contributed by atoms with Crippen LogP contribution in [-0.2, 0) is 6.54 Å². The van der Waals surface area contributed by atoms with Gasteiger partial charge < -0.3 is 11.1 Å². The normalized spacial score (nSPS) is 15.9. The van der Waals surface area contributed by atoms with Crippen LogP contribution in [-0.4, -0.2) is 41.3 Å². The summed E-state index contributed by atoms with van der Waals surface area (Å²) >= 11 is 0. The van der Waals surface area contributed by atoms with Crippen molar-refractivity contribution in [3.05, 3.63) is 58.8 Å². The summed E-state index contributed by atoms with van der Waals surface area (Å²) in [6.07, 6.45) is 4.19. The van der Waals surface area contributed by atoms with E-state index >= 15 is 0 Å². The molecule has 0 unspecified atom stereocenters. The molecule has 1 fully saturated rings. The maximum atomic E-state index is 6.06. The van der Waals surface area contributed by atoms with E-state index in [1.165, 1.54) is 11.1 Å². The lowest BCUT2D eigenvalue weighted by Gasteiger charge is -2.27. The number of nitrogens with one attached hydrogen (secondary N) is 2. The lowest BCUT2D eigenvalue weighted by atomic mass is 10.1. The Bertz CT molecular complexity index is 935. The van der Waals surface area contributed by atoms with Crippen molar-refractivity contribution in [3.8, 4) is 0 Å². The van der Waals surface area contributed by atoms with Crippen molar-refractivity contribution in [3.63, 3.8) is 0 Å². The van der Waals surface area contributed by atoms with Crippen molar-refractivity contribution in [2.24, 2.45) is 0 Å². The summed E-state index contributed by atoms with van der Waals surface area (Å²) in [6.45, 7) is 7.42. The van der Waals surface area contributed by atoms with Crippen LogP contribution in [0.25, 0.3) is 23.1 Å². The number of piperazine rings is 1. The zero-order valence-electron chi connectivity index (χ0n) is 15.1. The summed E-state index contributed by atoms with van der Waals surface area (Å²) in [7, 11) is 0. The smallest absolute Gasteiger partial charge is 0.0930 e. The molecule has 1 aliphatic heterocycles. The maximum Gasteiger partial charge on any atom is 0.0930 e. The fourth-order valence-electron chi connectivity index (χ4n) is 3.55. The van der Waals surface area contributed by atoms with Crippen LogP contribution in [0.2, 0.25) is 0 Å². The molecule has 4 rings (SSSR count). The van der Waals surface area contributed by atoms with Crippen molar-refractivity contribution in [1.29, 1.82) is 0 Å². The first kappa shape index (κ1) is 16.8. The van der Waals surface area contributed by atoms with Crippen LogP contribution in [0, 0.1) is 6.92 Å². The first-order valence-corrected chi connectivity index (χ1v) is 9.14. The minimum absolute atomic E-state index is 0.798. The topological polar surface area (TPSA) is 70.0 Å². The highest BCUT2D eigenvalue weighted by atomic mass is 15.2. The Labute approximate surface area is 153 Å². The third kappa shape index (κ3) is 3.49. The predicted octanol–water partition coefficient (Wildman–Crippen LogP) is 3.03. The van der Waals surface area contributed by atoms with Gasteiger partial charge in [0.25, 0.3) is 0 Å². The summed E-state index contributed by atoms with van der Waals surface area (Å²) in [4.78, 5) is 2.49. The second-order valence-corrected chi connectivity index (χ2v) is 6.92. The van der Waals surface area contributed by atoms with Crippen molar-refractivity contribution in [2.75, 3.05) is 31.9 Å². The molecule has 26 heavy (non-hydrogen) atoms. The van der Waals surface area contributed by atoms with Gasteiger partial charge >= 0.3 is 0 Å². The minimum atomic E-state index is 0.798. The highest BCUT2D eigenvalue weighted by molar-refractivity contribution is 5.94. The molecule has 1 aliphatic rings. The summed E-state index contributed by atoms with van der Waals surface area (Å²) in [6, 6.07) is 12.6. The molecule has 134 valence electrons. The SMILES string of the molecule is Cc1c(N)ccc2[nH]nc(/C=C/c3cccc(CN4CCNCC4)c3)c12. The van der Waals surface area contributed by atoms with Gasteiger partial charge in [0, 0.05) is 43.8 Å². The van der Waals surface area contributed by atoms with E-state index in [1.807, 2.05) is 19.1 Å². The van der Waals surface area contributed by atoms with E-state index < -0.39 is 0 Å². The zero-order valence-corrected chi connectivity index (χ0v) is 15.1. The number of nitrogens with two attached hydrogens (primary N) is 1. The van der Waals surface area contributed by atoms with Crippen molar-refractivity contribution in [2.45, 2.75) is 13.5 Å². The third-order valence-corrected chi connectivity index (χ3v) is 5.06. The van der Waals surface area contributed by atoms with Gasteiger partial charge in [0.05, 0.1) is 11.2 Å². The van der Waals surface area contributed by atoms with Gasteiger partial charge in [0.1, 0.15) is 0 Å². The summed E-state index contributed by atoms with van der Waals surface area (Å²) in [5.74, 6) is 0. The molecule has 0 bridgehead atoms. The van der Waals surface area contributed by atoms with Crippen LogP contribution in [0.5, 0.6) is 0 Å². The molecule has 0 amide bonds. The third-order valence-electron chi connectivity index (χ3n) is 5.06. The number of nitrogen functional groups attached to an aromatic ring is 1. The van der Waals surface area contributed by atoms with Gasteiger partial charge in [-0.05, 0) is 41.8 Å². The molecule has 3 aromatic rings. The van der Waals surface area contributed by atoms with E-state index in [4.69, 9.17) is 5.73 Å². The van der Waals surface area contributed by atoms with Crippen LogP contribution in [0.4, 0.5) is 5.69 Å². The fraction of sp³-hybridized carbons (Fsp3) is 0.286. The Morgan fingerprint density at radius 1 is 1.15 bits per heavy atom. The first-order chi connectivity index (χ1) is 12.7. The molecule has 5 nitrogen and oxygen atoms in total. The van der Waals surface area contributed by atoms with Gasteiger partial charge in [0.2, 0.25) is 0 Å². The lowest BCUT2D eigenvalue weighted by molar-refractivity contribution is 0.233. The molecule has 2 heterocycles. The molecule has 0 aliphatic carbocycles. The van der Waals surface area contributed by atoms with Gasteiger partial charge in [-0.3, -0.25) is 10.00 Å². The number of fused-ring (bicyclic) bond motifs is 1. The van der Waals surface area contributed by atoms with Gasteiger partial charge in [-0.15, -0.1) is 0 Å². The Balaban J connectivity index is 1.55. The predicted molar refractivity (Wildman–Crippen MR) is 109 cm³/mol. The second-order valence-electron chi connectivity index (χ2n) is 6.92. The van der Waals surface area contributed by atoms with E-state index in [9.17, 15) is 0 Å². The second kappa shape index (κ2) is 7.32. The summed E-state index contributed by atoms with van der Waals surface area (Å²) in [5, 5.41) is 12.0. The standard InChI is InChI=1S/C21H25N5/c1-15-18(22)6-8-20-21(15)19(24-25-20)7-5-16-3-2-4-17(13-16)14-26-11-9-23-10-12-26/h2-8,13,23H,9-12,14,22H2,1H3,(H,24,25)/b7-5+. The van der Waals surface area contributed by atoms with Gasteiger partial charge in [-0.2, -0.15) is 5.10 Å². The molecule has 1 aromatic heterocycles. The van der Waals surface area contributed by atoms with Crippen LogP contribution < -0.4 is 11.1 Å². The highest BCUT2D eigenvalue weighted by Crippen LogP contribution is 2.26. The Hall–Kier alpha value is -2.63. The number of nitrogens with zero attached hydrogens (tertiary/aromatic N) is 2. The molecule has 4 N–H and O–H groups in total. The Morgan fingerprint density at radius 2 is 2.00 bits per heavy atom. The number of aromatic nitrogens is 2. The highest BCUT2D eigenvalue weighted by Gasteiger charge is 2.10. The number of hydrogen-bond donors (Lipinski definition) is 3. The average molecular weight is 347 g/mol. The average Bonchev–Trinajstić information content (AvgIpc) is 3.08. The molecule has 1 saturated heterocycles. The van der Waals surface area contributed by atoms with E-state index in [0.717, 1.165) is 60.6 Å². The van der Waals surface area contributed by atoms with Crippen LogP contribution in [0.15, 0.2) is 36.4 Å². The number of H-pyrrole nitrogens is 1. The number of benzene rings is 2. The maximum absolute atomic E-state index is 6.06. The lowest BCUT2D eigenvalue weighted by Crippen LogP contribution is -2.42. The molecule has 5 heteroatoms. The molecular weight excluding hydrogens is 322 g/mol. The van der Waals surface area contributed by atoms with Gasteiger partial charge in [-0.25, -0.2) is 0 Å². The van der Waals surface area contributed by atoms with E-state index in [1.54, 1.807) is 0 Å². The monoisotopic (exact) mass is 347 g/mol. The minimum Gasteiger partial charge on any atom is -0.398 e. The van der Waals surface area contributed by atoms with Crippen LogP contribution >= 0.6 is 0 Å². The van der Waals surface area contributed by atoms with Crippen molar-refractivity contribution < 1.29 is 0 Å². The molecule has 0 atom stereocenters. The van der Waals surface area contributed by atoms with E-state index in [2.05, 4.69) is 56.8 Å². The summed E-state index contributed by atoms with van der Waals surface area (Å²) in [5.41, 5.74) is 12.4. The molecule has 0 radical (unpaired) electrons. The number of aromatic amines is 1. The Morgan fingerprint density at radius 3 is 2.85 bits per heavy atom. The van der Waals surface area contributed by atoms with Gasteiger partial charge in [0.15, 0.2) is 0 Å². The molecule has 0 spiro atoms. The quantitative estimate of drug-likeness (QED) is 0.635. The largest absolute Gasteiger partial charge is 0.398 e.